The molecular weight excluding hydrogens is 279 g/mol. The Hall–Kier alpha value is -2.40. The molecule has 0 aliphatic heterocycles. The first kappa shape index (κ1) is 12.6. The van der Waals surface area contributed by atoms with Crippen molar-refractivity contribution in [2.24, 2.45) is 0 Å². The van der Waals surface area contributed by atoms with E-state index in [0.717, 1.165) is 17.6 Å². The molecule has 0 saturated carbocycles. The standard InChI is InChI=1S/C14H10ClFN4/c15-14-17-9-12(16)13(19-14)18-10-3-5-11(6-4-10)20-7-1-2-8-20/h1-9H,(H,17,18,19). The van der Waals surface area contributed by atoms with Crippen LogP contribution in [0.5, 0.6) is 0 Å². The quantitative estimate of drug-likeness (QED) is 0.745. The lowest BCUT2D eigenvalue weighted by Gasteiger charge is -2.08. The molecule has 0 bridgehead atoms. The van der Waals surface area contributed by atoms with Crippen molar-refractivity contribution >= 4 is 23.1 Å². The Balaban J connectivity index is 1.83. The molecule has 100 valence electrons. The Bertz CT molecular complexity index is 711. The van der Waals surface area contributed by atoms with Gasteiger partial charge in [0, 0.05) is 23.8 Å². The Labute approximate surface area is 119 Å². The molecule has 2 aromatic heterocycles. The van der Waals surface area contributed by atoms with Crippen LogP contribution in [-0.4, -0.2) is 14.5 Å². The summed E-state index contributed by atoms with van der Waals surface area (Å²) in [5.41, 5.74) is 1.73. The van der Waals surface area contributed by atoms with Gasteiger partial charge >= 0.3 is 0 Å². The van der Waals surface area contributed by atoms with Crippen molar-refractivity contribution in [2.75, 3.05) is 5.32 Å². The van der Waals surface area contributed by atoms with Crippen LogP contribution in [0.2, 0.25) is 5.28 Å². The summed E-state index contributed by atoms with van der Waals surface area (Å²) in [5, 5.41) is 2.86. The molecule has 0 atom stereocenters. The fourth-order valence-electron chi connectivity index (χ4n) is 1.79. The van der Waals surface area contributed by atoms with E-state index in [4.69, 9.17) is 11.6 Å². The van der Waals surface area contributed by atoms with Gasteiger partial charge in [0.15, 0.2) is 11.6 Å². The van der Waals surface area contributed by atoms with Crippen LogP contribution >= 0.6 is 11.6 Å². The number of benzene rings is 1. The molecule has 6 heteroatoms. The highest BCUT2D eigenvalue weighted by molar-refractivity contribution is 6.28. The first-order valence-electron chi connectivity index (χ1n) is 5.91. The zero-order valence-electron chi connectivity index (χ0n) is 10.3. The first-order chi connectivity index (χ1) is 9.72. The van der Waals surface area contributed by atoms with Crippen molar-refractivity contribution in [3.63, 3.8) is 0 Å². The number of rotatable bonds is 3. The highest BCUT2D eigenvalue weighted by Crippen LogP contribution is 2.20. The maximum Gasteiger partial charge on any atom is 0.224 e. The van der Waals surface area contributed by atoms with E-state index < -0.39 is 5.82 Å². The molecule has 0 saturated heterocycles. The van der Waals surface area contributed by atoms with E-state index in [1.807, 2.05) is 53.4 Å². The Morgan fingerprint density at radius 3 is 2.50 bits per heavy atom. The topological polar surface area (TPSA) is 42.7 Å². The number of aromatic nitrogens is 3. The summed E-state index contributed by atoms with van der Waals surface area (Å²) in [6.45, 7) is 0. The monoisotopic (exact) mass is 288 g/mol. The molecule has 0 amide bonds. The van der Waals surface area contributed by atoms with Gasteiger partial charge in [-0.25, -0.2) is 9.37 Å². The largest absolute Gasteiger partial charge is 0.338 e. The lowest BCUT2D eigenvalue weighted by atomic mass is 10.2. The molecule has 1 aromatic carbocycles. The molecule has 0 radical (unpaired) electrons. The third-order valence-electron chi connectivity index (χ3n) is 2.75. The predicted octanol–water partition coefficient (Wildman–Crippen LogP) is 3.80. The van der Waals surface area contributed by atoms with Crippen LogP contribution in [0.3, 0.4) is 0 Å². The molecule has 4 nitrogen and oxygen atoms in total. The van der Waals surface area contributed by atoms with Crippen molar-refractivity contribution < 1.29 is 4.39 Å². The molecule has 20 heavy (non-hydrogen) atoms. The van der Waals surface area contributed by atoms with Gasteiger partial charge in [0.2, 0.25) is 5.28 Å². The van der Waals surface area contributed by atoms with Gasteiger partial charge < -0.3 is 9.88 Å². The zero-order valence-corrected chi connectivity index (χ0v) is 11.0. The number of anilines is 2. The maximum atomic E-state index is 13.5. The number of halogens is 2. The van der Waals surface area contributed by atoms with E-state index in [9.17, 15) is 4.39 Å². The normalized spacial score (nSPS) is 10.5. The SMILES string of the molecule is Fc1cnc(Cl)nc1Nc1ccc(-n2cccc2)cc1. The van der Waals surface area contributed by atoms with Crippen molar-refractivity contribution in [1.29, 1.82) is 0 Å². The van der Waals surface area contributed by atoms with E-state index in [2.05, 4.69) is 15.3 Å². The van der Waals surface area contributed by atoms with Gasteiger partial charge in [0.25, 0.3) is 0 Å². The minimum atomic E-state index is -0.552. The average Bonchev–Trinajstić information content (AvgIpc) is 2.98. The van der Waals surface area contributed by atoms with Crippen LogP contribution in [0, 0.1) is 5.82 Å². The van der Waals surface area contributed by atoms with Crippen molar-refractivity contribution in [3.05, 3.63) is 66.1 Å². The van der Waals surface area contributed by atoms with Gasteiger partial charge in [-0.2, -0.15) is 4.98 Å². The highest BCUT2D eigenvalue weighted by atomic mass is 35.5. The van der Waals surface area contributed by atoms with Gasteiger partial charge in [0.1, 0.15) is 0 Å². The highest BCUT2D eigenvalue weighted by Gasteiger charge is 2.06. The average molecular weight is 289 g/mol. The molecular formula is C14H10ClFN4. The molecule has 3 aromatic rings. The van der Waals surface area contributed by atoms with Gasteiger partial charge in [-0.05, 0) is 48.0 Å². The second kappa shape index (κ2) is 5.30. The number of nitrogens with one attached hydrogen (secondary N) is 1. The summed E-state index contributed by atoms with van der Waals surface area (Å²) in [7, 11) is 0. The lowest BCUT2D eigenvalue weighted by molar-refractivity contribution is 0.619. The molecule has 0 aliphatic rings. The Morgan fingerprint density at radius 1 is 1.10 bits per heavy atom. The lowest BCUT2D eigenvalue weighted by Crippen LogP contribution is -1.99. The summed E-state index contributed by atoms with van der Waals surface area (Å²) in [6, 6.07) is 11.4. The fraction of sp³-hybridized carbons (Fsp3) is 0. The van der Waals surface area contributed by atoms with Crippen LogP contribution < -0.4 is 5.32 Å². The molecule has 0 unspecified atom stereocenters. The molecule has 0 aliphatic carbocycles. The third kappa shape index (κ3) is 2.62. The molecule has 0 spiro atoms. The fourth-order valence-corrected chi connectivity index (χ4v) is 1.93. The van der Waals surface area contributed by atoms with Crippen LogP contribution in [0.25, 0.3) is 5.69 Å². The second-order valence-corrected chi connectivity index (χ2v) is 4.44. The number of nitrogens with zero attached hydrogens (tertiary/aromatic N) is 3. The van der Waals surface area contributed by atoms with Crippen LogP contribution in [0.15, 0.2) is 55.0 Å². The van der Waals surface area contributed by atoms with E-state index in [1.54, 1.807) is 0 Å². The van der Waals surface area contributed by atoms with Gasteiger partial charge in [-0.3, -0.25) is 0 Å². The number of hydrogen-bond acceptors (Lipinski definition) is 3. The van der Waals surface area contributed by atoms with E-state index in [-0.39, 0.29) is 11.1 Å². The van der Waals surface area contributed by atoms with Crippen molar-refractivity contribution in [2.45, 2.75) is 0 Å². The molecule has 3 rings (SSSR count). The van der Waals surface area contributed by atoms with Crippen molar-refractivity contribution in [3.8, 4) is 5.69 Å². The molecule has 1 N–H and O–H groups in total. The summed E-state index contributed by atoms with van der Waals surface area (Å²) in [4.78, 5) is 7.37. The smallest absolute Gasteiger partial charge is 0.224 e. The molecule has 2 heterocycles. The predicted molar refractivity (Wildman–Crippen MR) is 76.1 cm³/mol. The van der Waals surface area contributed by atoms with E-state index in [1.165, 1.54) is 0 Å². The molecule has 0 fully saturated rings. The minimum Gasteiger partial charge on any atom is -0.338 e. The third-order valence-corrected chi connectivity index (χ3v) is 2.93. The Kier molecular flexibility index (Phi) is 3.35. The summed E-state index contributed by atoms with van der Waals surface area (Å²) in [5.74, 6) is -0.498. The van der Waals surface area contributed by atoms with Crippen LogP contribution in [-0.2, 0) is 0 Å². The minimum absolute atomic E-state index is 0.00198. The van der Waals surface area contributed by atoms with Gasteiger partial charge in [-0.1, -0.05) is 0 Å². The Morgan fingerprint density at radius 2 is 1.80 bits per heavy atom. The zero-order chi connectivity index (χ0) is 13.9. The number of hydrogen-bond donors (Lipinski definition) is 1. The first-order valence-corrected chi connectivity index (χ1v) is 6.28. The van der Waals surface area contributed by atoms with Crippen LogP contribution in [0.4, 0.5) is 15.9 Å². The second-order valence-electron chi connectivity index (χ2n) is 4.10. The summed E-state index contributed by atoms with van der Waals surface area (Å²) < 4.78 is 15.5. The van der Waals surface area contributed by atoms with Crippen molar-refractivity contribution in [1.82, 2.24) is 14.5 Å². The van der Waals surface area contributed by atoms with E-state index in [0.29, 0.717) is 0 Å². The maximum absolute atomic E-state index is 13.5. The van der Waals surface area contributed by atoms with Gasteiger partial charge in [0.05, 0.1) is 6.20 Å². The summed E-state index contributed by atoms with van der Waals surface area (Å²) in [6.07, 6.45) is 4.93. The van der Waals surface area contributed by atoms with E-state index >= 15 is 0 Å². The summed E-state index contributed by atoms with van der Waals surface area (Å²) >= 11 is 5.64. The van der Waals surface area contributed by atoms with Gasteiger partial charge in [-0.15, -0.1) is 0 Å². The van der Waals surface area contributed by atoms with Crippen LogP contribution in [0.1, 0.15) is 0 Å².